The Morgan fingerprint density at radius 2 is 2.24 bits per heavy atom. The largest absolute Gasteiger partial charge is 0.477 e. The van der Waals surface area contributed by atoms with E-state index in [1.165, 1.54) is 4.68 Å². The molecule has 1 heterocycles. The molecule has 96 valence electrons. The third-order valence-corrected chi connectivity index (χ3v) is 3.68. The molecule has 0 saturated carbocycles. The Morgan fingerprint density at radius 3 is 2.76 bits per heavy atom. The maximum absolute atomic E-state index is 11.2. The van der Waals surface area contributed by atoms with Crippen LogP contribution in [0.4, 0.5) is 5.82 Å². The smallest absolute Gasteiger partial charge is 0.341 e. The first-order chi connectivity index (χ1) is 7.97. The third-order valence-electron chi connectivity index (χ3n) is 2.38. The van der Waals surface area contributed by atoms with Crippen LogP contribution in [-0.4, -0.2) is 43.1 Å². The Labute approximate surface area is 102 Å². The second-order valence-corrected chi connectivity index (χ2v) is 5.46. The van der Waals surface area contributed by atoms with Crippen LogP contribution in [0.15, 0.2) is 0 Å². The Hall–Kier alpha value is -1.37. The molecular weight excluding hydrogens is 242 g/mol. The number of nitrogens with one attached hydrogen (secondary N) is 1. The quantitative estimate of drug-likeness (QED) is 0.782. The minimum absolute atomic E-state index is 0.176. The van der Waals surface area contributed by atoms with Gasteiger partial charge in [0.1, 0.15) is 11.4 Å². The van der Waals surface area contributed by atoms with Gasteiger partial charge in [0.05, 0.1) is 5.69 Å². The summed E-state index contributed by atoms with van der Waals surface area (Å²) in [5.74, 6) is 0.565. The monoisotopic (exact) mass is 259 g/mol. The lowest BCUT2D eigenvalue weighted by Crippen LogP contribution is -2.16. The average Bonchev–Trinajstić information content (AvgIpc) is 2.53. The van der Waals surface area contributed by atoms with Crippen molar-refractivity contribution in [3.05, 3.63) is 11.3 Å². The summed E-state index contributed by atoms with van der Waals surface area (Å²) in [7, 11) is 0.822. The number of aromatic carboxylic acids is 1. The van der Waals surface area contributed by atoms with Crippen molar-refractivity contribution < 1.29 is 14.1 Å². The number of aryl methyl sites for hydroxylation is 2. The molecule has 0 fully saturated rings. The Bertz CT molecular complexity index is 442. The molecule has 0 amide bonds. The number of hydrogen-bond acceptors (Lipinski definition) is 4. The molecule has 0 aromatic carbocycles. The van der Waals surface area contributed by atoms with Crippen LogP contribution in [-0.2, 0) is 17.8 Å². The maximum atomic E-state index is 11.2. The van der Waals surface area contributed by atoms with E-state index in [2.05, 4.69) is 10.4 Å². The van der Waals surface area contributed by atoms with Crippen molar-refractivity contribution in [1.82, 2.24) is 9.78 Å². The lowest BCUT2D eigenvalue weighted by atomic mass is 10.2. The molecule has 0 bridgehead atoms. The van der Waals surface area contributed by atoms with Crippen LogP contribution >= 0.6 is 0 Å². The molecule has 17 heavy (non-hydrogen) atoms. The second-order valence-electron chi connectivity index (χ2n) is 3.60. The summed E-state index contributed by atoms with van der Waals surface area (Å²) in [6, 6.07) is 0. The number of hydrogen-bond donors (Lipinski definition) is 2. The van der Waals surface area contributed by atoms with Crippen molar-refractivity contribution in [3.63, 3.8) is 0 Å². The zero-order valence-electron chi connectivity index (χ0n) is 10.2. The fourth-order valence-electron chi connectivity index (χ4n) is 1.54. The molecule has 1 rings (SSSR count). The summed E-state index contributed by atoms with van der Waals surface area (Å²) in [4.78, 5) is 11.1. The van der Waals surface area contributed by atoms with Crippen LogP contribution in [0.25, 0.3) is 0 Å². The lowest BCUT2D eigenvalue weighted by Gasteiger charge is -2.07. The summed E-state index contributed by atoms with van der Waals surface area (Å²) in [6.45, 7) is 3.98. The number of carboxylic acid groups (broad SMARTS) is 1. The molecule has 0 saturated heterocycles. The molecule has 0 radical (unpaired) electrons. The molecule has 0 spiro atoms. The van der Waals surface area contributed by atoms with Crippen LogP contribution in [0, 0.1) is 6.92 Å². The topological polar surface area (TPSA) is 84.2 Å². The number of anilines is 1. The first-order valence-electron chi connectivity index (χ1n) is 5.33. The van der Waals surface area contributed by atoms with Gasteiger partial charge in [-0.15, -0.1) is 0 Å². The predicted molar refractivity (Wildman–Crippen MR) is 66.9 cm³/mol. The summed E-state index contributed by atoms with van der Waals surface area (Å²) in [5.41, 5.74) is 0.647. The Morgan fingerprint density at radius 1 is 1.59 bits per heavy atom. The van der Waals surface area contributed by atoms with Crippen molar-refractivity contribution in [1.29, 1.82) is 0 Å². The van der Waals surface area contributed by atoms with Gasteiger partial charge in [-0.05, 0) is 6.92 Å². The van der Waals surface area contributed by atoms with Crippen LogP contribution in [0.1, 0.15) is 23.0 Å². The van der Waals surface area contributed by atoms with Crippen molar-refractivity contribution >= 4 is 22.6 Å². The van der Waals surface area contributed by atoms with Gasteiger partial charge in [0.15, 0.2) is 0 Å². The molecule has 1 aromatic rings. The third kappa shape index (κ3) is 3.29. The molecule has 0 aliphatic carbocycles. The van der Waals surface area contributed by atoms with Gasteiger partial charge in [0.2, 0.25) is 0 Å². The van der Waals surface area contributed by atoms with E-state index < -0.39 is 16.8 Å². The molecule has 7 heteroatoms. The standard InChI is InChI=1S/C10H17N3O3S/c1-4-17(16)6-5-11-9-8(10(14)15)7(2)12-13(9)3/h11H,4-6H2,1-3H3,(H,14,15). The van der Waals surface area contributed by atoms with E-state index >= 15 is 0 Å². The maximum Gasteiger partial charge on any atom is 0.341 e. The highest BCUT2D eigenvalue weighted by molar-refractivity contribution is 7.84. The molecule has 1 unspecified atom stereocenters. The zero-order chi connectivity index (χ0) is 13.0. The van der Waals surface area contributed by atoms with Gasteiger partial charge in [-0.25, -0.2) is 4.79 Å². The summed E-state index contributed by atoms with van der Waals surface area (Å²) < 4.78 is 12.7. The minimum atomic E-state index is -1.00. The Balaban J connectivity index is 2.77. The van der Waals surface area contributed by atoms with Crippen LogP contribution in [0.3, 0.4) is 0 Å². The molecule has 6 nitrogen and oxygen atoms in total. The highest BCUT2D eigenvalue weighted by Crippen LogP contribution is 2.18. The molecular formula is C10H17N3O3S. The fraction of sp³-hybridized carbons (Fsp3) is 0.600. The average molecular weight is 259 g/mol. The fourth-order valence-corrected chi connectivity index (χ4v) is 2.16. The van der Waals surface area contributed by atoms with Gasteiger partial charge >= 0.3 is 5.97 Å². The van der Waals surface area contributed by atoms with Crippen molar-refractivity contribution in [2.75, 3.05) is 23.4 Å². The lowest BCUT2D eigenvalue weighted by molar-refractivity contribution is 0.0697. The first kappa shape index (κ1) is 13.7. The van der Waals surface area contributed by atoms with Crippen LogP contribution in [0.2, 0.25) is 0 Å². The highest BCUT2D eigenvalue weighted by atomic mass is 32.2. The van der Waals surface area contributed by atoms with E-state index in [9.17, 15) is 9.00 Å². The van der Waals surface area contributed by atoms with Gasteiger partial charge in [0.25, 0.3) is 0 Å². The van der Waals surface area contributed by atoms with Gasteiger partial charge in [-0.1, -0.05) is 6.92 Å². The van der Waals surface area contributed by atoms with Crippen molar-refractivity contribution in [2.45, 2.75) is 13.8 Å². The van der Waals surface area contributed by atoms with E-state index in [0.29, 0.717) is 29.6 Å². The number of nitrogens with zero attached hydrogens (tertiary/aromatic N) is 2. The summed E-state index contributed by atoms with van der Waals surface area (Å²) in [6.07, 6.45) is 0. The van der Waals surface area contributed by atoms with Gasteiger partial charge in [-0.3, -0.25) is 8.89 Å². The molecule has 0 aliphatic rings. The number of aromatic nitrogens is 2. The zero-order valence-corrected chi connectivity index (χ0v) is 11.0. The van der Waals surface area contributed by atoms with Gasteiger partial charge < -0.3 is 10.4 Å². The van der Waals surface area contributed by atoms with E-state index in [1.54, 1.807) is 14.0 Å². The van der Waals surface area contributed by atoms with Crippen LogP contribution < -0.4 is 5.32 Å². The number of rotatable bonds is 6. The van der Waals surface area contributed by atoms with E-state index in [4.69, 9.17) is 5.11 Å². The van der Waals surface area contributed by atoms with Crippen molar-refractivity contribution in [2.24, 2.45) is 7.05 Å². The normalized spacial score (nSPS) is 12.4. The molecule has 2 N–H and O–H groups in total. The van der Waals surface area contributed by atoms with E-state index in [1.807, 2.05) is 6.92 Å². The van der Waals surface area contributed by atoms with Gasteiger partial charge in [0, 0.05) is 35.9 Å². The summed E-state index contributed by atoms with van der Waals surface area (Å²) in [5, 5.41) is 16.1. The van der Waals surface area contributed by atoms with Crippen molar-refractivity contribution in [3.8, 4) is 0 Å². The molecule has 0 aliphatic heterocycles. The van der Waals surface area contributed by atoms with E-state index in [0.717, 1.165) is 0 Å². The first-order valence-corrected chi connectivity index (χ1v) is 6.81. The number of carboxylic acids is 1. The highest BCUT2D eigenvalue weighted by Gasteiger charge is 2.19. The SMILES string of the molecule is CCS(=O)CCNc1c(C(=O)O)c(C)nn1C. The van der Waals surface area contributed by atoms with E-state index in [-0.39, 0.29) is 5.56 Å². The predicted octanol–water partition coefficient (Wildman–Crippen LogP) is 0.607. The van der Waals surface area contributed by atoms with Crippen LogP contribution in [0.5, 0.6) is 0 Å². The molecule has 1 atom stereocenters. The molecule has 1 aromatic heterocycles. The second kappa shape index (κ2) is 5.81. The number of carbonyl (C=O) groups is 1. The minimum Gasteiger partial charge on any atom is -0.477 e. The van der Waals surface area contributed by atoms with Gasteiger partial charge in [-0.2, -0.15) is 5.10 Å². The summed E-state index contributed by atoms with van der Waals surface area (Å²) >= 11 is 0. The Kier molecular flexibility index (Phi) is 4.68.